The molecule has 140 valence electrons. The lowest BCUT2D eigenvalue weighted by molar-refractivity contribution is -0.139. The van der Waals surface area contributed by atoms with Crippen LogP contribution in [0.25, 0.3) is 0 Å². The molecule has 0 radical (unpaired) electrons. The Balaban J connectivity index is 2.30. The summed E-state index contributed by atoms with van der Waals surface area (Å²) >= 11 is 0. The first-order valence-electron chi connectivity index (χ1n) is 9.62. The number of ether oxygens (including phenoxy) is 2. The van der Waals surface area contributed by atoms with Gasteiger partial charge in [-0.3, -0.25) is 4.79 Å². The molecule has 25 heavy (non-hydrogen) atoms. The molecule has 2 heterocycles. The molecule has 1 fully saturated rings. The Kier molecular flexibility index (Phi) is 6.67. The summed E-state index contributed by atoms with van der Waals surface area (Å²) in [5, 5.41) is 0. The summed E-state index contributed by atoms with van der Waals surface area (Å²) in [4.78, 5) is 11.2. The zero-order chi connectivity index (χ0) is 18.5. The molecule has 0 spiro atoms. The van der Waals surface area contributed by atoms with E-state index < -0.39 is 0 Å². The van der Waals surface area contributed by atoms with E-state index in [1.807, 2.05) is 0 Å². The van der Waals surface area contributed by atoms with E-state index in [9.17, 15) is 4.79 Å². The first-order chi connectivity index (χ1) is 11.7. The largest absolute Gasteiger partial charge is 0.461 e. The molecule has 0 aromatic rings. The second kappa shape index (κ2) is 8.35. The van der Waals surface area contributed by atoms with E-state index in [2.05, 4.69) is 52.0 Å². The zero-order valence-electron chi connectivity index (χ0n) is 16.6. The predicted molar refractivity (Wildman–Crippen MR) is 102 cm³/mol. The average Bonchev–Trinajstić information content (AvgIpc) is 2.88. The summed E-state index contributed by atoms with van der Waals surface area (Å²) in [5.74, 6) is 0.166. The number of fused-ring (bicyclic) bond motifs is 2. The van der Waals surface area contributed by atoms with Gasteiger partial charge in [0, 0.05) is 6.92 Å². The van der Waals surface area contributed by atoms with Crippen molar-refractivity contribution < 1.29 is 14.3 Å². The Morgan fingerprint density at radius 1 is 1.24 bits per heavy atom. The van der Waals surface area contributed by atoms with Gasteiger partial charge in [0.05, 0.1) is 11.2 Å². The summed E-state index contributed by atoms with van der Waals surface area (Å²) in [6.45, 7) is 10.7. The molecule has 0 aromatic heterocycles. The van der Waals surface area contributed by atoms with Crippen molar-refractivity contribution in [3.63, 3.8) is 0 Å². The van der Waals surface area contributed by atoms with Gasteiger partial charge in [0.2, 0.25) is 0 Å². The summed E-state index contributed by atoms with van der Waals surface area (Å²) in [6, 6.07) is 0. The number of allylic oxidation sites excluding steroid dienone is 3. The van der Waals surface area contributed by atoms with Crippen LogP contribution in [0.15, 0.2) is 35.5 Å². The average molecular weight is 347 g/mol. The van der Waals surface area contributed by atoms with E-state index in [1.54, 1.807) is 0 Å². The SMILES string of the molecule is CC(=O)OCC1=CCC/C(C)=C/CC[C@@]2(C)CC[C@@](C(C)C)(C=C1)O2. The lowest BCUT2D eigenvalue weighted by Crippen LogP contribution is -2.36. The Bertz CT molecular complexity index is 570. The number of rotatable bonds is 3. The highest BCUT2D eigenvalue weighted by atomic mass is 16.5. The molecule has 1 saturated heterocycles. The fourth-order valence-electron chi connectivity index (χ4n) is 3.73. The van der Waals surface area contributed by atoms with E-state index in [1.165, 1.54) is 12.5 Å². The minimum Gasteiger partial charge on any atom is -0.461 e. The van der Waals surface area contributed by atoms with Gasteiger partial charge >= 0.3 is 5.97 Å². The van der Waals surface area contributed by atoms with Crippen LogP contribution in [0.1, 0.15) is 73.1 Å². The standard InChI is InChI=1S/C22H34O3/c1-17(2)22-13-11-20(16-24-19(4)23)10-6-8-18(3)9-7-12-21(5,25-22)14-15-22/h9-11,13,17H,6-8,12,14-16H2,1-5H3/b13-11?,18-9+,20-10?/t21-,22+/m0/s1. The summed E-state index contributed by atoms with van der Waals surface area (Å²) < 4.78 is 11.9. The first-order valence-corrected chi connectivity index (χ1v) is 9.62. The van der Waals surface area contributed by atoms with Gasteiger partial charge in [0.1, 0.15) is 6.61 Å². The van der Waals surface area contributed by atoms with Crippen molar-refractivity contribution in [1.82, 2.24) is 0 Å². The van der Waals surface area contributed by atoms with Crippen molar-refractivity contribution in [1.29, 1.82) is 0 Å². The van der Waals surface area contributed by atoms with E-state index in [4.69, 9.17) is 9.47 Å². The smallest absolute Gasteiger partial charge is 0.302 e. The van der Waals surface area contributed by atoms with Gasteiger partial charge in [-0.05, 0) is 63.9 Å². The lowest BCUT2D eigenvalue weighted by Gasteiger charge is -2.34. The van der Waals surface area contributed by atoms with Crippen LogP contribution in [0.3, 0.4) is 0 Å². The lowest BCUT2D eigenvalue weighted by atomic mass is 9.85. The van der Waals surface area contributed by atoms with Crippen LogP contribution in [-0.4, -0.2) is 23.8 Å². The maximum absolute atomic E-state index is 11.2. The molecule has 0 saturated carbocycles. The topological polar surface area (TPSA) is 35.5 Å². The van der Waals surface area contributed by atoms with Crippen molar-refractivity contribution in [3.8, 4) is 0 Å². The molecule has 0 N–H and O–H groups in total. The molecule has 0 unspecified atom stereocenters. The molecule has 2 aliphatic rings. The van der Waals surface area contributed by atoms with E-state index >= 15 is 0 Å². The highest BCUT2D eigenvalue weighted by Crippen LogP contribution is 2.45. The van der Waals surface area contributed by atoms with Crippen LogP contribution in [0.5, 0.6) is 0 Å². The second-order valence-corrected chi connectivity index (χ2v) is 8.18. The first kappa shape index (κ1) is 20.0. The van der Waals surface area contributed by atoms with Crippen LogP contribution >= 0.6 is 0 Å². The molecule has 0 amide bonds. The molecule has 2 atom stereocenters. The normalized spacial score (nSPS) is 32.9. The third-order valence-corrected chi connectivity index (χ3v) is 5.59. The fourth-order valence-corrected chi connectivity index (χ4v) is 3.73. The highest BCUT2D eigenvalue weighted by molar-refractivity contribution is 5.66. The second-order valence-electron chi connectivity index (χ2n) is 8.18. The highest BCUT2D eigenvalue weighted by Gasteiger charge is 2.46. The van der Waals surface area contributed by atoms with Gasteiger partial charge in [-0.25, -0.2) is 0 Å². The van der Waals surface area contributed by atoms with E-state index in [-0.39, 0.29) is 17.2 Å². The van der Waals surface area contributed by atoms with Gasteiger partial charge < -0.3 is 9.47 Å². The minimum absolute atomic E-state index is 0.0563. The Morgan fingerprint density at radius 3 is 2.68 bits per heavy atom. The zero-order valence-corrected chi connectivity index (χ0v) is 16.6. The van der Waals surface area contributed by atoms with Gasteiger partial charge in [0.25, 0.3) is 0 Å². The van der Waals surface area contributed by atoms with Crippen molar-refractivity contribution >= 4 is 5.97 Å². The molecule has 0 aromatic carbocycles. The monoisotopic (exact) mass is 346 g/mol. The van der Waals surface area contributed by atoms with Gasteiger partial charge in [0.15, 0.2) is 0 Å². The summed E-state index contributed by atoms with van der Waals surface area (Å²) in [6.07, 6.45) is 15.2. The Labute approximate surface area is 153 Å². The van der Waals surface area contributed by atoms with Crippen molar-refractivity contribution in [2.45, 2.75) is 84.3 Å². The van der Waals surface area contributed by atoms with Crippen LogP contribution in [-0.2, 0) is 14.3 Å². The van der Waals surface area contributed by atoms with Gasteiger partial charge in [-0.15, -0.1) is 0 Å². The quantitative estimate of drug-likeness (QED) is 0.499. The molecule has 3 nitrogen and oxygen atoms in total. The van der Waals surface area contributed by atoms with Gasteiger partial charge in [-0.1, -0.05) is 43.7 Å². The minimum atomic E-state index is -0.239. The van der Waals surface area contributed by atoms with Crippen LogP contribution in [0.4, 0.5) is 0 Å². The van der Waals surface area contributed by atoms with E-state index in [0.29, 0.717) is 12.5 Å². The van der Waals surface area contributed by atoms with Crippen molar-refractivity contribution in [2.75, 3.05) is 6.61 Å². The molecule has 2 rings (SSSR count). The molecular formula is C22H34O3. The summed E-state index contributed by atoms with van der Waals surface area (Å²) in [5.41, 5.74) is 2.19. The molecule has 2 aliphatic heterocycles. The Morgan fingerprint density at radius 2 is 2.00 bits per heavy atom. The van der Waals surface area contributed by atoms with Crippen LogP contribution in [0.2, 0.25) is 0 Å². The van der Waals surface area contributed by atoms with Crippen LogP contribution in [0, 0.1) is 5.92 Å². The maximum Gasteiger partial charge on any atom is 0.302 e. The third kappa shape index (κ3) is 5.57. The number of carbonyl (C=O) groups is 1. The number of esters is 1. The van der Waals surface area contributed by atoms with Crippen LogP contribution < -0.4 is 0 Å². The summed E-state index contributed by atoms with van der Waals surface area (Å²) in [7, 11) is 0. The molecule has 3 heteroatoms. The van der Waals surface area contributed by atoms with Gasteiger partial charge in [-0.2, -0.15) is 0 Å². The predicted octanol–water partition coefficient (Wildman–Crippen LogP) is 5.52. The number of hydrogen-bond donors (Lipinski definition) is 0. The van der Waals surface area contributed by atoms with E-state index in [0.717, 1.165) is 44.1 Å². The molecule has 0 aliphatic carbocycles. The molecular weight excluding hydrogens is 312 g/mol. The fraction of sp³-hybridized carbons (Fsp3) is 0.682. The molecule has 2 bridgehead atoms. The van der Waals surface area contributed by atoms with Crippen molar-refractivity contribution in [2.24, 2.45) is 5.92 Å². The third-order valence-electron chi connectivity index (χ3n) is 5.59. The van der Waals surface area contributed by atoms with Crippen molar-refractivity contribution in [3.05, 3.63) is 35.5 Å². The maximum atomic E-state index is 11.2. The number of hydrogen-bond acceptors (Lipinski definition) is 3. The Hall–Kier alpha value is -1.35. The number of carbonyl (C=O) groups excluding carboxylic acids is 1.